The molecule has 5 heteroatoms. The maximum atomic E-state index is 4.57. The third kappa shape index (κ3) is 5.16. The van der Waals surface area contributed by atoms with Gasteiger partial charge in [-0.1, -0.05) is 0 Å². The van der Waals surface area contributed by atoms with Gasteiger partial charge in [0.15, 0.2) is 5.96 Å². The number of hydrogen-bond donors (Lipinski definition) is 0. The summed E-state index contributed by atoms with van der Waals surface area (Å²) in [6.07, 6.45) is 1.02. The highest BCUT2D eigenvalue weighted by Gasteiger charge is 2.03. The lowest BCUT2D eigenvalue weighted by Crippen LogP contribution is -2.35. The summed E-state index contributed by atoms with van der Waals surface area (Å²) in [6.45, 7) is 0.850. The van der Waals surface area contributed by atoms with E-state index in [-0.39, 0.29) is 24.0 Å². The van der Waals surface area contributed by atoms with Gasteiger partial charge in [-0.05, 0) is 28.8 Å². The first kappa shape index (κ1) is 15.7. The van der Waals surface area contributed by atoms with Crippen molar-refractivity contribution >= 4 is 41.3 Å². The molecular formula is C11H20IN3S. The zero-order chi connectivity index (χ0) is 11.3. The molecule has 0 N–H and O–H groups in total. The van der Waals surface area contributed by atoms with E-state index in [0.717, 1.165) is 18.9 Å². The molecule has 0 aromatic carbocycles. The maximum Gasteiger partial charge on any atom is 0.195 e. The molecule has 1 heterocycles. The van der Waals surface area contributed by atoms with Crippen LogP contribution in [0.25, 0.3) is 0 Å². The molecule has 1 rings (SSSR count). The van der Waals surface area contributed by atoms with Gasteiger partial charge in [-0.25, -0.2) is 0 Å². The van der Waals surface area contributed by atoms with E-state index in [0.29, 0.717) is 0 Å². The second-order valence-electron chi connectivity index (χ2n) is 3.85. The summed E-state index contributed by atoms with van der Waals surface area (Å²) in [4.78, 5) is 8.64. The van der Waals surface area contributed by atoms with Gasteiger partial charge in [0.1, 0.15) is 0 Å². The largest absolute Gasteiger partial charge is 0.349 e. The number of hydrogen-bond acceptors (Lipinski definition) is 2. The topological polar surface area (TPSA) is 18.8 Å². The normalized spacial score (nSPS) is 9.25. The highest BCUT2D eigenvalue weighted by molar-refractivity contribution is 14.0. The fraction of sp³-hybridized carbons (Fsp3) is 0.545. The summed E-state index contributed by atoms with van der Waals surface area (Å²) in [5.74, 6) is 1.02. The van der Waals surface area contributed by atoms with Crippen LogP contribution in [-0.2, 0) is 6.42 Å². The van der Waals surface area contributed by atoms with Gasteiger partial charge in [0, 0.05) is 34.7 Å². The Bertz CT molecular complexity index is 297. The summed E-state index contributed by atoms with van der Waals surface area (Å²) in [7, 11) is 8.07. The van der Waals surface area contributed by atoms with Crippen LogP contribution in [0, 0.1) is 0 Å². The van der Waals surface area contributed by atoms with E-state index in [1.807, 2.05) is 38.0 Å². The minimum Gasteiger partial charge on any atom is -0.349 e. The van der Waals surface area contributed by atoms with E-state index in [1.54, 1.807) is 11.3 Å². The van der Waals surface area contributed by atoms with E-state index in [1.165, 1.54) is 5.56 Å². The first-order chi connectivity index (χ1) is 7.11. The Hall–Kier alpha value is -0.300. The van der Waals surface area contributed by atoms with Crippen LogP contribution in [0.5, 0.6) is 0 Å². The molecule has 0 saturated carbocycles. The summed E-state index contributed by atoms with van der Waals surface area (Å²) in [5.41, 5.74) is 1.38. The summed E-state index contributed by atoms with van der Waals surface area (Å²) in [5, 5.41) is 4.29. The van der Waals surface area contributed by atoms with Crippen molar-refractivity contribution in [1.29, 1.82) is 0 Å². The van der Waals surface area contributed by atoms with Crippen LogP contribution in [0.3, 0.4) is 0 Å². The third-order valence-corrected chi connectivity index (χ3v) is 2.77. The van der Waals surface area contributed by atoms with Gasteiger partial charge >= 0.3 is 0 Å². The number of guanidine groups is 1. The summed E-state index contributed by atoms with van der Waals surface area (Å²) < 4.78 is 0. The summed E-state index contributed by atoms with van der Waals surface area (Å²) >= 11 is 1.74. The Balaban J connectivity index is 0.00000225. The molecule has 0 amide bonds. The molecule has 3 nitrogen and oxygen atoms in total. The van der Waals surface area contributed by atoms with Crippen molar-refractivity contribution in [2.24, 2.45) is 4.99 Å². The van der Waals surface area contributed by atoms with Gasteiger partial charge in [-0.15, -0.1) is 24.0 Å². The lowest BCUT2D eigenvalue weighted by Gasteiger charge is -2.22. The Labute approximate surface area is 119 Å². The SMILES string of the molecule is CN(C)C(=NCCc1ccsc1)N(C)C.I. The van der Waals surface area contributed by atoms with E-state index < -0.39 is 0 Å². The molecular weight excluding hydrogens is 333 g/mol. The Kier molecular flexibility index (Phi) is 7.74. The first-order valence-electron chi connectivity index (χ1n) is 5.01. The number of rotatable bonds is 3. The predicted octanol–water partition coefficient (Wildman–Crippen LogP) is 2.39. The molecule has 0 aliphatic carbocycles. The average molecular weight is 353 g/mol. The zero-order valence-corrected chi connectivity index (χ0v) is 13.5. The van der Waals surface area contributed by atoms with Crippen molar-refractivity contribution in [3.05, 3.63) is 22.4 Å². The number of thiophene rings is 1. The minimum atomic E-state index is 0. The van der Waals surface area contributed by atoms with Crippen LogP contribution >= 0.6 is 35.3 Å². The average Bonchev–Trinajstić information content (AvgIpc) is 2.63. The summed E-state index contributed by atoms with van der Waals surface area (Å²) in [6, 6.07) is 2.16. The standard InChI is InChI=1S/C11H19N3S.HI/c1-13(2)11(14(3)4)12-7-5-10-6-8-15-9-10;/h6,8-9H,5,7H2,1-4H3;1H. The second-order valence-corrected chi connectivity index (χ2v) is 4.63. The third-order valence-electron chi connectivity index (χ3n) is 2.03. The van der Waals surface area contributed by atoms with Crippen molar-refractivity contribution in [3.63, 3.8) is 0 Å². The van der Waals surface area contributed by atoms with Crippen LogP contribution < -0.4 is 0 Å². The molecule has 0 saturated heterocycles. The van der Waals surface area contributed by atoms with Crippen molar-refractivity contribution in [2.75, 3.05) is 34.7 Å². The molecule has 1 aromatic rings. The Morgan fingerprint density at radius 2 is 1.88 bits per heavy atom. The van der Waals surface area contributed by atoms with E-state index in [2.05, 4.69) is 21.8 Å². The molecule has 0 unspecified atom stereocenters. The fourth-order valence-corrected chi connectivity index (χ4v) is 2.11. The smallest absolute Gasteiger partial charge is 0.195 e. The van der Waals surface area contributed by atoms with Gasteiger partial charge in [-0.2, -0.15) is 11.3 Å². The quantitative estimate of drug-likeness (QED) is 0.472. The molecule has 0 radical (unpaired) electrons. The molecule has 1 aromatic heterocycles. The zero-order valence-electron chi connectivity index (χ0n) is 10.3. The molecule has 0 aliphatic heterocycles. The Morgan fingerprint density at radius 3 is 2.31 bits per heavy atom. The van der Waals surface area contributed by atoms with Crippen LogP contribution in [-0.4, -0.2) is 50.5 Å². The molecule has 0 bridgehead atoms. The monoisotopic (exact) mass is 353 g/mol. The van der Waals surface area contributed by atoms with Crippen molar-refractivity contribution < 1.29 is 0 Å². The molecule has 0 spiro atoms. The van der Waals surface area contributed by atoms with Gasteiger partial charge in [0.05, 0.1) is 0 Å². The van der Waals surface area contributed by atoms with Crippen molar-refractivity contribution in [2.45, 2.75) is 6.42 Å². The highest BCUT2D eigenvalue weighted by atomic mass is 127. The van der Waals surface area contributed by atoms with Crippen molar-refractivity contribution in [1.82, 2.24) is 9.80 Å². The van der Waals surface area contributed by atoms with Gasteiger partial charge in [-0.3, -0.25) is 4.99 Å². The molecule has 0 aliphatic rings. The molecule has 92 valence electrons. The molecule has 0 fully saturated rings. The van der Waals surface area contributed by atoms with Crippen molar-refractivity contribution in [3.8, 4) is 0 Å². The van der Waals surface area contributed by atoms with Crippen LogP contribution in [0.2, 0.25) is 0 Å². The lowest BCUT2D eigenvalue weighted by atomic mass is 10.2. The molecule has 16 heavy (non-hydrogen) atoms. The van der Waals surface area contributed by atoms with Gasteiger partial charge in [0.2, 0.25) is 0 Å². The van der Waals surface area contributed by atoms with E-state index in [9.17, 15) is 0 Å². The number of halogens is 1. The second kappa shape index (κ2) is 7.89. The van der Waals surface area contributed by atoms with Crippen LogP contribution in [0.4, 0.5) is 0 Å². The van der Waals surface area contributed by atoms with E-state index in [4.69, 9.17) is 0 Å². The molecule has 0 atom stereocenters. The van der Waals surface area contributed by atoms with Gasteiger partial charge in [0.25, 0.3) is 0 Å². The number of aliphatic imine (C=N–C) groups is 1. The van der Waals surface area contributed by atoms with Crippen LogP contribution in [0.15, 0.2) is 21.8 Å². The van der Waals surface area contributed by atoms with Gasteiger partial charge < -0.3 is 9.80 Å². The van der Waals surface area contributed by atoms with E-state index >= 15 is 0 Å². The Morgan fingerprint density at radius 1 is 1.25 bits per heavy atom. The number of nitrogens with zero attached hydrogens (tertiary/aromatic N) is 3. The highest BCUT2D eigenvalue weighted by Crippen LogP contribution is 2.06. The first-order valence-corrected chi connectivity index (χ1v) is 5.95. The minimum absolute atomic E-state index is 0. The lowest BCUT2D eigenvalue weighted by molar-refractivity contribution is 0.479. The predicted molar refractivity (Wildman–Crippen MR) is 83.1 cm³/mol. The maximum absolute atomic E-state index is 4.57. The fourth-order valence-electron chi connectivity index (χ4n) is 1.40. The van der Waals surface area contributed by atoms with Crippen LogP contribution in [0.1, 0.15) is 5.56 Å².